The molecule has 52 valence electrons. The summed E-state index contributed by atoms with van der Waals surface area (Å²) in [6, 6.07) is 4.04. The Labute approximate surface area is 60.0 Å². The highest BCUT2D eigenvalue weighted by Crippen LogP contribution is 1.91. The number of hydrogen-bond acceptors (Lipinski definition) is 2. The summed E-state index contributed by atoms with van der Waals surface area (Å²) < 4.78 is 0. The topological polar surface area (TPSA) is 20.2 Å². The fraction of sp³-hybridized carbons (Fsp3) is 0.429. The Morgan fingerprint density at radius 3 is 1.67 bits per heavy atom. The summed E-state index contributed by atoms with van der Waals surface area (Å²) in [4.78, 5) is 0. The van der Waals surface area contributed by atoms with E-state index >= 15 is 0 Å². The van der Waals surface area contributed by atoms with Crippen molar-refractivity contribution in [2.45, 2.75) is 20.0 Å². The molecule has 0 radical (unpaired) electrons. The Hall–Kier alpha value is -0.340. The summed E-state index contributed by atoms with van der Waals surface area (Å²) in [7, 11) is 0. The van der Waals surface area contributed by atoms with Gasteiger partial charge in [0.2, 0.25) is 0 Å². The summed E-state index contributed by atoms with van der Waals surface area (Å²) in [5.74, 6) is 0. The van der Waals surface area contributed by atoms with Gasteiger partial charge in [0.1, 0.15) is 0 Å². The second-order valence-corrected chi connectivity index (χ2v) is 2.70. The van der Waals surface area contributed by atoms with Crippen LogP contribution in [0.4, 0.5) is 0 Å². The van der Waals surface area contributed by atoms with Crippen molar-refractivity contribution in [1.82, 2.24) is 0 Å². The molecule has 1 aromatic heterocycles. The van der Waals surface area contributed by atoms with E-state index in [4.69, 9.17) is 5.11 Å². The Morgan fingerprint density at radius 1 is 1.22 bits per heavy atom. The zero-order valence-corrected chi connectivity index (χ0v) is 6.56. The van der Waals surface area contributed by atoms with E-state index in [0.29, 0.717) is 0 Å². The summed E-state index contributed by atoms with van der Waals surface area (Å²) in [5.41, 5.74) is 0. The lowest BCUT2D eigenvalue weighted by atomic mass is 10.5. The van der Waals surface area contributed by atoms with Gasteiger partial charge in [-0.25, -0.2) is 0 Å². The van der Waals surface area contributed by atoms with Gasteiger partial charge in [-0.1, -0.05) is 12.1 Å². The van der Waals surface area contributed by atoms with Crippen molar-refractivity contribution in [3.63, 3.8) is 0 Å². The summed E-state index contributed by atoms with van der Waals surface area (Å²) >= 11 is 1.71. The minimum atomic E-state index is -0.167. The largest absolute Gasteiger partial charge is 0.394 e. The summed E-state index contributed by atoms with van der Waals surface area (Å²) in [6.07, 6.45) is -0.167. The highest BCUT2D eigenvalue weighted by molar-refractivity contribution is 7.07. The fourth-order valence-electron chi connectivity index (χ4n) is 0.227. The van der Waals surface area contributed by atoms with Gasteiger partial charge in [0.05, 0.1) is 0 Å². The lowest BCUT2D eigenvalue weighted by Crippen LogP contribution is -1.85. The maximum atomic E-state index is 8.06. The smallest absolute Gasteiger partial charge is 0.0483 e. The molecule has 0 unspecified atom stereocenters. The molecule has 0 aliphatic carbocycles. The van der Waals surface area contributed by atoms with Gasteiger partial charge in [0, 0.05) is 6.10 Å². The molecular formula is C7H12OS. The van der Waals surface area contributed by atoms with Crippen molar-refractivity contribution in [1.29, 1.82) is 0 Å². The van der Waals surface area contributed by atoms with Crippen LogP contribution in [-0.4, -0.2) is 11.2 Å². The SMILES string of the molecule is CC(C)O.c1ccsc1. The summed E-state index contributed by atoms with van der Waals surface area (Å²) in [5, 5.41) is 12.1. The fourth-order valence-corrected chi connectivity index (χ4v) is 0.680. The van der Waals surface area contributed by atoms with Crippen LogP contribution < -0.4 is 0 Å². The Balaban J connectivity index is 0.000000148. The summed E-state index contributed by atoms with van der Waals surface area (Å²) in [6.45, 7) is 3.44. The first kappa shape index (κ1) is 8.66. The molecule has 0 saturated heterocycles. The first-order chi connectivity index (χ1) is 4.23. The van der Waals surface area contributed by atoms with Crippen LogP contribution in [-0.2, 0) is 0 Å². The third-order valence-electron chi connectivity index (χ3n) is 0.425. The van der Waals surface area contributed by atoms with Crippen LogP contribution in [0.15, 0.2) is 22.9 Å². The molecule has 0 spiro atoms. The van der Waals surface area contributed by atoms with E-state index in [2.05, 4.69) is 0 Å². The maximum Gasteiger partial charge on any atom is 0.0483 e. The van der Waals surface area contributed by atoms with Gasteiger partial charge < -0.3 is 5.11 Å². The molecule has 1 aromatic rings. The zero-order chi connectivity index (χ0) is 7.11. The van der Waals surface area contributed by atoms with Crippen LogP contribution >= 0.6 is 11.3 Å². The van der Waals surface area contributed by atoms with E-state index in [1.54, 1.807) is 25.2 Å². The second kappa shape index (κ2) is 5.79. The number of thiophene rings is 1. The minimum absolute atomic E-state index is 0.167. The Bertz CT molecular complexity index is 92.5. The van der Waals surface area contributed by atoms with Gasteiger partial charge in [0.15, 0.2) is 0 Å². The van der Waals surface area contributed by atoms with E-state index in [1.807, 2.05) is 22.9 Å². The van der Waals surface area contributed by atoms with Crippen LogP contribution in [0.5, 0.6) is 0 Å². The average Bonchev–Trinajstić information content (AvgIpc) is 2.11. The van der Waals surface area contributed by atoms with Gasteiger partial charge in [-0.3, -0.25) is 0 Å². The lowest BCUT2D eigenvalue weighted by molar-refractivity contribution is 0.216. The van der Waals surface area contributed by atoms with Crippen LogP contribution in [0, 0.1) is 0 Å². The molecule has 0 bridgehead atoms. The molecule has 1 rings (SSSR count). The Morgan fingerprint density at radius 2 is 1.56 bits per heavy atom. The van der Waals surface area contributed by atoms with E-state index in [9.17, 15) is 0 Å². The third kappa shape index (κ3) is 11.3. The molecule has 1 heterocycles. The second-order valence-electron chi connectivity index (χ2n) is 1.89. The molecule has 0 atom stereocenters. The minimum Gasteiger partial charge on any atom is -0.394 e. The molecule has 0 amide bonds. The van der Waals surface area contributed by atoms with Crippen molar-refractivity contribution in [3.8, 4) is 0 Å². The molecule has 0 fully saturated rings. The van der Waals surface area contributed by atoms with E-state index in [1.165, 1.54) is 0 Å². The monoisotopic (exact) mass is 144 g/mol. The van der Waals surface area contributed by atoms with Gasteiger partial charge in [-0.05, 0) is 24.6 Å². The van der Waals surface area contributed by atoms with Crippen LogP contribution in [0.25, 0.3) is 0 Å². The zero-order valence-electron chi connectivity index (χ0n) is 5.74. The van der Waals surface area contributed by atoms with Crippen molar-refractivity contribution in [2.24, 2.45) is 0 Å². The van der Waals surface area contributed by atoms with Crippen LogP contribution in [0.3, 0.4) is 0 Å². The third-order valence-corrected chi connectivity index (χ3v) is 1.05. The van der Waals surface area contributed by atoms with E-state index in [0.717, 1.165) is 0 Å². The van der Waals surface area contributed by atoms with Crippen molar-refractivity contribution in [3.05, 3.63) is 22.9 Å². The molecule has 2 heteroatoms. The number of rotatable bonds is 0. The molecule has 1 nitrogen and oxygen atoms in total. The molecule has 0 aliphatic rings. The van der Waals surface area contributed by atoms with Crippen molar-refractivity contribution in [2.75, 3.05) is 0 Å². The molecule has 9 heavy (non-hydrogen) atoms. The Kier molecular flexibility index (Phi) is 5.57. The molecule has 0 saturated carbocycles. The van der Waals surface area contributed by atoms with Gasteiger partial charge in [-0.2, -0.15) is 11.3 Å². The normalized spacial score (nSPS) is 8.44. The number of aliphatic hydroxyl groups excluding tert-OH is 1. The van der Waals surface area contributed by atoms with Gasteiger partial charge >= 0.3 is 0 Å². The highest BCUT2D eigenvalue weighted by atomic mass is 32.1. The standard InChI is InChI=1S/C4H4S.C3H8O/c1-2-4-5-3-1;1-3(2)4/h1-4H;3-4H,1-2H3. The molecule has 0 aromatic carbocycles. The van der Waals surface area contributed by atoms with Crippen molar-refractivity contribution >= 4 is 11.3 Å². The first-order valence-electron chi connectivity index (χ1n) is 2.88. The predicted octanol–water partition coefficient (Wildman–Crippen LogP) is 2.14. The van der Waals surface area contributed by atoms with Crippen molar-refractivity contribution < 1.29 is 5.11 Å². The average molecular weight is 144 g/mol. The van der Waals surface area contributed by atoms with Gasteiger partial charge in [-0.15, -0.1) is 0 Å². The lowest BCUT2D eigenvalue weighted by Gasteiger charge is -1.80. The number of aliphatic hydroxyl groups is 1. The first-order valence-corrected chi connectivity index (χ1v) is 3.83. The van der Waals surface area contributed by atoms with E-state index < -0.39 is 0 Å². The van der Waals surface area contributed by atoms with Gasteiger partial charge in [0.25, 0.3) is 0 Å². The maximum absolute atomic E-state index is 8.06. The molecular weight excluding hydrogens is 132 g/mol. The van der Waals surface area contributed by atoms with Crippen LogP contribution in [0.1, 0.15) is 13.8 Å². The molecule has 0 aliphatic heterocycles. The van der Waals surface area contributed by atoms with E-state index in [-0.39, 0.29) is 6.10 Å². The van der Waals surface area contributed by atoms with Crippen LogP contribution in [0.2, 0.25) is 0 Å². The quantitative estimate of drug-likeness (QED) is 0.591. The molecule has 1 N–H and O–H groups in total. The highest BCUT2D eigenvalue weighted by Gasteiger charge is 1.69. The number of hydrogen-bond donors (Lipinski definition) is 1. The predicted molar refractivity (Wildman–Crippen MR) is 41.7 cm³/mol.